The fraction of sp³-hybridized carbons (Fsp3) is 0.323. The Labute approximate surface area is 229 Å². The molecule has 4 aromatic rings. The van der Waals surface area contributed by atoms with Crippen LogP contribution in [0, 0.1) is 0 Å². The van der Waals surface area contributed by atoms with Gasteiger partial charge in [0.15, 0.2) is 0 Å². The van der Waals surface area contributed by atoms with Crippen LogP contribution in [0.25, 0.3) is 16.6 Å². The summed E-state index contributed by atoms with van der Waals surface area (Å²) in [4.78, 5) is 34.2. The van der Waals surface area contributed by atoms with Crippen LogP contribution in [0.5, 0.6) is 5.75 Å². The Balaban J connectivity index is 1.82. The van der Waals surface area contributed by atoms with E-state index in [-0.39, 0.29) is 11.6 Å². The maximum Gasteiger partial charge on any atom is 0.322 e. The van der Waals surface area contributed by atoms with E-state index in [9.17, 15) is 9.59 Å². The molecular formula is C31H36N4O4. The zero-order valence-electron chi connectivity index (χ0n) is 23.0. The molecule has 0 saturated heterocycles. The van der Waals surface area contributed by atoms with E-state index in [1.807, 2.05) is 80.6 Å². The quantitative estimate of drug-likeness (QED) is 0.259. The maximum absolute atomic E-state index is 13.9. The van der Waals surface area contributed by atoms with Crippen molar-refractivity contribution in [3.05, 3.63) is 94.5 Å². The van der Waals surface area contributed by atoms with E-state index in [2.05, 4.69) is 12.2 Å². The molecule has 8 nitrogen and oxygen atoms in total. The summed E-state index contributed by atoms with van der Waals surface area (Å²) >= 11 is 0. The minimum Gasteiger partial charge on any atom is -0.494 e. The zero-order valence-corrected chi connectivity index (χ0v) is 23.0. The molecule has 0 spiro atoms. The molecule has 0 fully saturated rings. The van der Waals surface area contributed by atoms with Crippen LogP contribution in [0.4, 0.5) is 10.5 Å². The standard InChI is InChI=1S/C31H36N4O4/c1-5-22-12-14-23(15-13-22)32-31(37)34(20-21-38-4)28(6-2)29-33-27-11-9-8-10-26(27)30(36)35(29)24-16-18-25(19-17-24)39-7-3/h8-19,28H,5-7,20-21H2,1-4H3,(H,32,37). The molecule has 0 bridgehead atoms. The van der Waals surface area contributed by atoms with Gasteiger partial charge in [0.1, 0.15) is 11.6 Å². The van der Waals surface area contributed by atoms with Gasteiger partial charge < -0.3 is 19.7 Å². The molecule has 0 aliphatic heterocycles. The highest BCUT2D eigenvalue weighted by molar-refractivity contribution is 5.89. The topological polar surface area (TPSA) is 85.7 Å². The van der Waals surface area contributed by atoms with Gasteiger partial charge in [-0.05, 0) is 73.9 Å². The average Bonchev–Trinajstić information content (AvgIpc) is 2.96. The second-order valence-electron chi connectivity index (χ2n) is 9.15. The van der Waals surface area contributed by atoms with Crippen molar-refractivity contribution in [3.8, 4) is 11.4 Å². The number of anilines is 1. The van der Waals surface area contributed by atoms with Crippen LogP contribution in [0.3, 0.4) is 0 Å². The minimum absolute atomic E-state index is 0.194. The third kappa shape index (κ3) is 6.29. The van der Waals surface area contributed by atoms with E-state index in [1.165, 1.54) is 5.56 Å². The first kappa shape index (κ1) is 27.9. The average molecular weight is 529 g/mol. The lowest BCUT2D eigenvalue weighted by Gasteiger charge is -2.32. The molecule has 0 aliphatic rings. The maximum atomic E-state index is 13.9. The van der Waals surface area contributed by atoms with Crippen molar-refractivity contribution in [3.63, 3.8) is 0 Å². The molecule has 2 amide bonds. The summed E-state index contributed by atoms with van der Waals surface area (Å²) in [6, 6.07) is 21.6. The van der Waals surface area contributed by atoms with Gasteiger partial charge in [-0.25, -0.2) is 9.78 Å². The smallest absolute Gasteiger partial charge is 0.322 e. The molecule has 1 N–H and O–H groups in total. The summed E-state index contributed by atoms with van der Waals surface area (Å²) in [6.07, 6.45) is 1.45. The van der Waals surface area contributed by atoms with E-state index >= 15 is 0 Å². The number of fused-ring (bicyclic) bond motifs is 1. The number of rotatable bonds is 11. The van der Waals surface area contributed by atoms with Crippen LogP contribution in [0.2, 0.25) is 0 Å². The lowest BCUT2D eigenvalue weighted by molar-refractivity contribution is 0.131. The number of urea groups is 1. The van der Waals surface area contributed by atoms with Crippen molar-refractivity contribution in [1.82, 2.24) is 14.5 Å². The summed E-state index contributed by atoms with van der Waals surface area (Å²) in [6.45, 7) is 7.20. The molecule has 4 rings (SSSR count). The van der Waals surface area contributed by atoms with Crippen LogP contribution in [-0.4, -0.2) is 47.4 Å². The van der Waals surface area contributed by atoms with Crippen LogP contribution in [-0.2, 0) is 11.2 Å². The summed E-state index contributed by atoms with van der Waals surface area (Å²) < 4.78 is 12.6. The molecule has 1 atom stereocenters. The number of carbonyl (C=O) groups is 1. The van der Waals surface area contributed by atoms with E-state index < -0.39 is 6.04 Å². The van der Waals surface area contributed by atoms with Crippen molar-refractivity contribution in [2.24, 2.45) is 0 Å². The second-order valence-corrected chi connectivity index (χ2v) is 9.15. The van der Waals surface area contributed by atoms with Crippen LogP contribution in [0.1, 0.15) is 44.6 Å². The molecule has 8 heteroatoms. The number of nitrogens with one attached hydrogen (secondary N) is 1. The van der Waals surface area contributed by atoms with Gasteiger partial charge in [-0.1, -0.05) is 38.1 Å². The van der Waals surface area contributed by atoms with E-state index in [4.69, 9.17) is 14.5 Å². The number of aromatic nitrogens is 2. The Morgan fingerprint density at radius 3 is 2.36 bits per heavy atom. The fourth-order valence-electron chi connectivity index (χ4n) is 4.63. The largest absolute Gasteiger partial charge is 0.494 e. The van der Waals surface area contributed by atoms with Gasteiger partial charge in [-0.2, -0.15) is 0 Å². The van der Waals surface area contributed by atoms with Gasteiger partial charge in [-0.3, -0.25) is 9.36 Å². The third-order valence-electron chi connectivity index (χ3n) is 6.68. The van der Waals surface area contributed by atoms with Crippen LogP contribution >= 0.6 is 0 Å². The lowest BCUT2D eigenvalue weighted by atomic mass is 10.1. The van der Waals surface area contributed by atoms with Gasteiger partial charge >= 0.3 is 6.03 Å². The van der Waals surface area contributed by atoms with Gasteiger partial charge in [-0.15, -0.1) is 0 Å². The zero-order chi connectivity index (χ0) is 27.8. The monoisotopic (exact) mass is 528 g/mol. The van der Waals surface area contributed by atoms with Crippen molar-refractivity contribution >= 4 is 22.6 Å². The SMILES string of the molecule is CCOc1ccc(-n2c(C(CC)N(CCOC)C(=O)Nc3ccc(CC)cc3)nc3ccccc3c2=O)cc1. The van der Waals surface area contributed by atoms with E-state index in [0.717, 1.165) is 6.42 Å². The molecule has 0 saturated carbocycles. The van der Waals surface area contributed by atoms with E-state index in [0.29, 0.717) is 60.0 Å². The molecule has 3 aromatic carbocycles. The van der Waals surface area contributed by atoms with Gasteiger partial charge in [0, 0.05) is 19.3 Å². The summed E-state index contributed by atoms with van der Waals surface area (Å²) in [5.41, 5.74) is 2.93. The number of aryl methyl sites for hydroxylation is 1. The number of ether oxygens (including phenoxy) is 2. The highest BCUT2D eigenvalue weighted by Gasteiger charge is 2.29. The highest BCUT2D eigenvalue weighted by Crippen LogP contribution is 2.27. The molecule has 0 aliphatic carbocycles. The van der Waals surface area contributed by atoms with E-state index in [1.54, 1.807) is 22.6 Å². The molecule has 1 heterocycles. The van der Waals surface area contributed by atoms with Crippen molar-refractivity contribution in [1.29, 1.82) is 0 Å². The lowest BCUT2D eigenvalue weighted by Crippen LogP contribution is -2.42. The number of para-hydroxylation sites is 1. The van der Waals surface area contributed by atoms with Crippen LogP contribution < -0.4 is 15.6 Å². The molecule has 0 radical (unpaired) electrons. The third-order valence-corrected chi connectivity index (χ3v) is 6.68. The van der Waals surface area contributed by atoms with Gasteiger partial charge in [0.25, 0.3) is 5.56 Å². The number of carbonyl (C=O) groups excluding carboxylic acids is 1. The summed E-state index contributed by atoms with van der Waals surface area (Å²) in [7, 11) is 1.60. The summed E-state index contributed by atoms with van der Waals surface area (Å²) in [5.74, 6) is 1.20. The molecule has 39 heavy (non-hydrogen) atoms. The number of hydrogen-bond acceptors (Lipinski definition) is 5. The number of amides is 2. The normalized spacial score (nSPS) is 11.8. The Kier molecular flexibility index (Phi) is 9.33. The first-order chi connectivity index (χ1) is 19.0. The Morgan fingerprint density at radius 2 is 1.72 bits per heavy atom. The first-order valence-corrected chi connectivity index (χ1v) is 13.4. The fourth-order valence-corrected chi connectivity index (χ4v) is 4.63. The Morgan fingerprint density at radius 1 is 1.00 bits per heavy atom. The Hall–Kier alpha value is -4.17. The second kappa shape index (κ2) is 13.1. The van der Waals surface area contributed by atoms with Crippen molar-refractivity contribution in [2.45, 2.75) is 39.7 Å². The summed E-state index contributed by atoms with van der Waals surface area (Å²) in [5, 5.41) is 3.53. The molecule has 1 aromatic heterocycles. The van der Waals surface area contributed by atoms with Gasteiger partial charge in [0.2, 0.25) is 0 Å². The number of benzene rings is 3. The van der Waals surface area contributed by atoms with Crippen LogP contribution in [0.15, 0.2) is 77.6 Å². The molecular weight excluding hydrogens is 492 g/mol. The predicted molar refractivity (Wildman–Crippen MR) is 155 cm³/mol. The number of hydrogen-bond donors (Lipinski definition) is 1. The van der Waals surface area contributed by atoms with Gasteiger partial charge in [0.05, 0.1) is 35.8 Å². The minimum atomic E-state index is -0.501. The predicted octanol–water partition coefficient (Wildman–Crippen LogP) is 5.98. The highest BCUT2D eigenvalue weighted by atomic mass is 16.5. The molecule has 1 unspecified atom stereocenters. The van der Waals surface area contributed by atoms with Crippen molar-refractivity contribution < 1.29 is 14.3 Å². The number of nitrogens with zero attached hydrogens (tertiary/aromatic N) is 3. The Bertz CT molecular complexity index is 1450. The van der Waals surface area contributed by atoms with Crippen molar-refractivity contribution in [2.75, 3.05) is 32.2 Å². The molecule has 204 valence electrons. The first-order valence-electron chi connectivity index (χ1n) is 13.4. The number of methoxy groups -OCH3 is 1.